The molecule has 0 aromatic rings. The average molecular weight is 345 g/mol. The zero-order valence-corrected chi connectivity index (χ0v) is 17.3. The molecule has 0 saturated carbocycles. The Kier molecular flexibility index (Phi) is 6.70. The van der Waals surface area contributed by atoms with Gasteiger partial charge in [-0.2, -0.15) is 0 Å². The highest BCUT2D eigenvalue weighted by Gasteiger charge is 2.37. The molecule has 1 N–H and O–H groups in total. The Morgan fingerprint density at radius 2 is 1.65 bits per heavy atom. The van der Waals surface area contributed by atoms with Crippen molar-refractivity contribution in [1.29, 1.82) is 0 Å². The molecule has 0 spiro atoms. The average Bonchev–Trinajstić information content (AvgIpc) is 2.34. The molecule has 5 nitrogen and oxygen atoms in total. The third-order valence-electron chi connectivity index (χ3n) is 4.75. The second kappa shape index (κ2) is 7.53. The van der Waals surface area contributed by atoms with Crippen LogP contribution in [0.25, 0.3) is 0 Å². The first-order valence-electron chi connectivity index (χ1n) is 8.69. The largest absolute Gasteiger partial charge is 0.443 e. The van der Waals surface area contributed by atoms with Crippen molar-refractivity contribution in [1.82, 2.24) is 10.4 Å². The number of amides is 1. The van der Waals surface area contributed by atoms with Gasteiger partial charge >= 0.3 is 6.09 Å². The lowest BCUT2D eigenvalue weighted by Gasteiger charge is -2.39. The molecule has 0 atom stereocenters. The number of piperidine rings is 1. The minimum absolute atomic E-state index is 0.256. The maximum absolute atomic E-state index is 11.8. The Balaban J connectivity index is 2.32. The van der Waals surface area contributed by atoms with Crippen LogP contribution in [-0.2, 0) is 9.16 Å². The van der Waals surface area contributed by atoms with Gasteiger partial charge in [0.05, 0.1) is 0 Å². The number of rotatable bonds is 4. The summed E-state index contributed by atoms with van der Waals surface area (Å²) in [6, 6.07) is 0. The lowest BCUT2D eigenvalue weighted by Crippen LogP contribution is -2.49. The summed E-state index contributed by atoms with van der Waals surface area (Å²) in [6.45, 7) is 19.6. The van der Waals surface area contributed by atoms with Crippen LogP contribution >= 0.6 is 0 Å². The fourth-order valence-electron chi connectivity index (χ4n) is 2.18. The summed E-state index contributed by atoms with van der Waals surface area (Å²) in [7, 11) is -1.66. The molecule has 1 aliphatic rings. The van der Waals surface area contributed by atoms with E-state index in [-0.39, 0.29) is 11.1 Å². The number of hydrogen-bond donors (Lipinski definition) is 1. The Morgan fingerprint density at radius 1 is 1.13 bits per heavy atom. The predicted molar refractivity (Wildman–Crippen MR) is 96.8 cm³/mol. The topological polar surface area (TPSA) is 50.8 Å². The van der Waals surface area contributed by atoms with Crippen LogP contribution in [0, 0.1) is 5.92 Å². The van der Waals surface area contributed by atoms with E-state index in [1.807, 2.05) is 25.8 Å². The summed E-state index contributed by atoms with van der Waals surface area (Å²) in [5.41, 5.74) is 2.37. The molecule has 0 unspecified atom stereocenters. The molecule has 6 heteroatoms. The third kappa shape index (κ3) is 7.22. The van der Waals surface area contributed by atoms with Crippen LogP contribution in [0.1, 0.15) is 54.4 Å². The molecule has 0 aromatic carbocycles. The first-order valence-corrected chi connectivity index (χ1v) is 11.6. The summed E-state index contributed by atoms with van der Waals surface area (Å²) in [5, 5.41) is 2.21. The van der Waals surface area contributed by atoms with Gasteiger partial charge in [-0.05, 0) is 57.7 Å². The molecular formula is C17H36N2O3Si. The van der Waals surface area contributed by atoms with Crippen molar-refractivity contribution < 1.29 is 14.0 Å². The van der Waals surface area contributed by atoms with Gasteiger partial charge in [-0.25, -0.2) is 9.80 Å². The van der Waals surface area contributed by atoms with Crippen LogP contribution < -0.4 is 5.43 Å². The molecule has 1 amide bonds. The van der Waals surface area contributed by atoms with Gasteiger partial charge in [0.25, 0.3) is 0 Å². The minimum Gasteiger partial charge on any atom is -0.443 e. The first-order chi connectivity index (χ1) is 10.3. The quantitative estimate of drug-likeness (QED) is 0.778. The van der Waals surface area contributed by atoms with E-state index >= 15 is 0 Å². The number of nitrogens with zero attached hydrogens (tertiary/aromatic N) is 1. The molecule has 0 aromatic heterocycles. The number of hydrazine groups is 1. The van der Waals surface area contributed by atoms with E-state index < -0.39 is 13.9 Å². The van der Waals surface area contributed by atoms with Crippen LogP contribution in [0.15, 0.2) is 0 Å². The van der Waals surface area contributed by atoms with Gasteiger partial charge in [0.15, 0.2) is 8.32 Å². The monoisotopic (exact) mass is 344 g/mol. The molecule has 1 saturated heterocycles. The zero-order chi connectivity index (χ0) is 17.9. The SMILES string of the molecule is CC(C)(C)OC(=O)NN1CCC(CO[Si](C)(C)C(C)(C)C)CC1. The second-order valence-electron chi connectivity index (χ2n) is 9.12. The fraction of sp³-hybridized carbons (Fsp3) is 0.941. The number of hydrogen-bond acceptors (Lipinski definition) is 4. The summed E-state index contributed by atoms with van der Waals surface area (Å²) in [6.07, 6.45) is 1.72. The molecule has 136 valence electrons. The Morgan fingerprint density at radius 3 is 2.09 bits per heavy atom. The fourth-order valence-corrected chi connectivity index (χ4v) is 3.27. The van der Waals surface area contributed by atoms with Crippen molar-refractivity contribution in [3.05, 3.63) is 0 Å². The van der Waals surface area contributed by atoms with Gasteiger partial charge in [0.2, 0.25) is 0 Å². The van der Waals surface area contributed by atoms with Crippen molar-refractivity contribution in [2.24, 2.45) is 5.92 Å². The molecular weight excluding hydrogens is 308 g/mol. The van der Waals surface area contributed by atoms with E-state index in [1.54, 1.807) is 0 Å². The molecule has 1 fully saturated rings. The normalized spacial score (nSPS) is 18.8. The van der Waals surface area contributed by atoms with Crippen LogP contribution in [0.2, 0.25) is 18.1 Å². The highest BCUT2D eigenvalue weighted by atomic mass is 28.4. The molecule has 1 rings (SSSR count). The van der Waals surface area contributed by atoms with Crippen LogP contribution in [0.4, 0.5) is 4.79 Å². The Hall–Kier alpha value is -0.593. The van der Waals surface area contributed by atoms with Gasteiger partial charge in [-0.3, -0.25) is 5.43 Å². The number of nitrogens with one attached hydrogen (secondary N) is 1. The predicted octanol–water partition coefficient (Wildman–Crippen LogP) is 4.16. The van der Waals surface area contributed by atoms with Gasteiger partial charge < -0.3 is 9.16 Å². The van der Waals surface area contributed by atoms with Crippen molar-refractivity contribution in [2.45, 2.75) is 78.1 Å². The molecule has 1 heterocycles. The standard InChI is InChI=1S/C17H36N2O3Si/c1-16(2,3)22-15(20)18-19-11-9-14(10-12-19)13-21-23(7,8)17(4,5)6/h14H,9-13H2,1-8H3,(H,18,20). The molecule has 0 radical (unpaired) electrons. The molecule has 1 aliphatic heterocycles. The molecule has 0 bridgehead atoms. The Bertz CT molecular complexity index is 392. The number of carbonyl (C=O) groups is 1. The number of ether oxygens (including phenoxy) is 1. The highest BCUT2D eigenvalue weighted by molar-refractivity contribution is 6.74. The van der Waals surface area contributed by atoms with E-state index in [0.29, 0.717) is 5.92 Å². The molecule has 23 heavy (non-hydrogen) atoms. The first kappa shape index (κ1) is 20.5. The van der Waals surface area contributed by atoms with Crippen molar-refractivity contribution in [2.75, 3.05) is 19.7 Å². The van der Waals surface area contributed by atoms with Gasteiger partial charge in [0, 0.05) is 19.7 Å². The van der Waals surface area contributed by atoms with E-state index in [4.69, 9.17) is 9.16 Å². The maximum atomic E-state index is 11.8. The lowest BCUT2D eigenvalue weighted by molar-refractivity contribution is 0.0241. The van der Waals surface area contributed by atoms with E-state index in [0.717, 1.165) is 32.5 Å². The number of carbonyl (C=O) groups excluding carboxylic acids is 1. The van der Waals surface area contributed by atoms with Crippen LogP contribution in [0.5, 0.6) is 0 Å². The van der Waals surface area contributed by atoms with E-state index in [9.17, 15) is 4.79 Å². The van der Waals surface area contributed by atoms with Crippen LogP contribution in [0.3, 0.4) is 0 Å². The van der Waals surface area contributed by atoms with Gasteiger partial charge in [-0.1, -0.05) is 20.8 Å². The zero-order valence-electron chi connectivity index (χ0n) is 16.3. The maximum Gasteiger partial charge on any atom is 0.422 e. The summed E-state index contributed by atoms with van der Waals surface area (Å²) >= 11 is 0. The summed E-state index contributed by atoms with van der Waals surface area (Å²) < 4.78 is 11.6. The van der Waals surface area contributed by atoms with Crippen molar-refractivity contribution >= 4 is 14.4 Å². The summed E-state index contributed by atoms with van der Waals surface area (Å²) in [5.74, 6) is 0.584. The lowest BCUT2D eigenvalue weighted by atomic mass is 9.99. The van der Waals surface area contributed by atoms with Gasteiger partial charge in [0.1, 0.15) is 5.60 Å². The molecule has 0 aliphatic carbocycles. The third-order valence-corrected chi connectivity index (χ3v) is 9.25. The van der Waals surface area contributed by atoms with Crippen molar-refractivity contribution in [3.8, 4) is 0 Å². The minimum atomic E-state index is -1.66. The van der Waals surface area contributed by atoms with Crippen molar-refractivity contribution in [3.63, 3.8) is 0 Å². The van der Waals surface area contributed by atoms with E-state index in [2.05, 4.69) is 39.3 Å². The Labute approximate surface area is 143 Å². The van der Waals surface area contributed by atoms with Gasteiger partial charge in [-0.15, -0.1) is 0 Å². The smallest absolute Gasteiger partial charge is 0.422 e. The second-order valence-corrected chi connectivity index (χ2v) is 13.9. The van der Waals surface area contributed by atoms with Crippen LogP contribution in [-0.4, -0.2) is 44.7 Å². The summed E-state index contributed by atoms with van der Waals surface area (Å²) in [4.78, 5) is 11.8. The highest BCUT2D eigenvalue weighted by Crippen LogP contribution is 2.37. The van der Waals surface area contributed by atoms with E-state index in [1.165, 1.54) is 0 Å².